The molecule has 0 aliphatic carbocycles. The normalized spacial score (nSPS) is 10.5. The zero-order chi connectivity index (χ0) is 14.0. The van der Waals surface area contributed by atoms with Crippen LogP contribution in [0.1, 0.15) is 17.3 Å². The Bertz CT molecular complexity index is 641. The Hall–Kier alpha value is -1.75. The van der Waals surface area contributed by atoms with Crippen molar-refractivity contribution in [2.75, 3.05) is 0 Å². The molecular formula is C14H9F3OS. The maximum absolute atomic E-state index is 13.6. The Morgan fingerprint density at radius 3 is 2.37 bits per heavy atom. The average molecular weight is 282 g/mol. The molecule has 0 N–H and O–H groups in total. The van der Waals surface area contributed by atoms with Gasteiger partial charge < -0.3 is 0 Å². The van der Waals surface area contributed by atoms with Crippen LogP contribution in [0.25, 0.3) is 0 Å². The van der Waals surface area contributed by atoms with Crippen molar-refractivity contribution >= 4 is 17.5 Å². The zero-order valence-electron chi connectivity index (χ0n) is 9.91. The van der Waals surface area contributed by atoms with E-state index in [1.165, 1.54) is 31.2 Å². The lowest BCUT2D eigenvalue weighted by Crippen LogP contribution is -1.99. The molecule has 2 aromatic carbocycles. The number of carbonyl (C=O) groups is 1. The van der Waals surface area contributed by atoms with Crippen LogP contribution in [-0.2, 0) is 0 Å². The molecule has 0 spiro atoms. The molecule has 0 bridgehead atoms. The van der Waals surface area contributed by atoms with Crippen LogP contribution in [0.5, 0.6) is 0 Å². The quantitative estimate of drug-likeness (QED) is 0.773. The van der Waals surface area contributed by atoms with E-state index in [4.69, 9.17) is 0 Å². The summed E-state index contributed by atoms with van der Waals surface area (Å²) < 4.78 is 39.9. The number of rotatable bonds is 3. The molecule has 0 radical (unpaired) electrons. The van der Waals surface area contributed by atoms with Crippen LogP contribution in [0.2, 0.25) is 0 Å². The minimum atomic E-state index is -0.747. The topological polar surface area (TPSA) is 17.1 Å². The second-order valence-corrected chi connectivity index (χ2v) is 4.93. The third-order valence-corrected chi connectivity index (χ3v) is 3.55. The molecule has 0 saturated heterocycles. The largest absolute Gasteiger partial charge is 0.294 e. The molecule has 0 saturated carbocycles. The third kappa shape index (κ3) is 2.98. The van der Waals surface area contributed by atoms with E-state index in [1.54, 1.807) is 0 Å². The number of hydrogen-bond acceptors (Lipinski definition) is 2. The van der Waals surface area contributed by atoms with Crippen molar-refractivity contribution < 1.29 is 18.0 Å². The Morgan fingerprint density at radius 1 is 1.00 bits per heavy atom. The maximum Gasteiger partial charge on any atom is 0.163 e. The summed E-state index contributed by atoms with van der Waals surface area (Å²) in [7, 11) is 0. The molecule has 0 atom stereocenters. The summed E-state index contributed by atoms with van der Waals surface area (Å²) >= 11 is 0.890. The summed E-state index contributed by atoms with van der Waals surface area (Å²) in [6.45, 7) is 1.24. The number of carbonyl (C=O) groups excluding carboxylic acids is 1. The summed E-state index contributed by atoms with van der Waals surface area (Å²) in [6, 6.07) is 7.23. The fourth-order valence-corrected chi connectivity index (χ4v) is 2.63. The highest BCUT2D eigenvalue weighted by Crippen LogP contribution is 2.33. The van der Waals surface area contributed by atoms with Crippen LogP contribution in [0.15, 0.2) is 46.2 Å². The number of halogens is 3. The zero-order valence-corrected chi connectivity index (χ0v) is 10.7. The highest BCUT2D eigenvalue weighted by atomic mass is 32.2. The first-order valence-electron chi connectivity index (χ1n) is 5.41. The number of ketones is 1. The van der Waals surface area contributed by atoms with Crippen LogP contribution in [-0.4, -0.2) is 5.78 Å². The first kappa shape index (κ1) is 13.7. The van der Waals surface area contributed by atoms with Crippen LogP contribution < -0.4 is 0 Å². The van der Waals surface area contributed by atoms with E-state index in [2.05, 4.69) is 0 Å². The Balaban J connectivity index is 2.44. The second-order valence-electron chi connectivity index (χ2n) is 3.85. The summed E-state index contributed by atoms with van der Waals surface area (Å²) in [5.41, 5.74) is -0.0868. The van der Waals surface area contributed by atoms with Crippen molar-refractivity contribution in [1.29, 1.82) is 0 Å². The Morgan fingerprint density at radius 2 is 1.74 bits per heavy atom. The molecular weight excluding hydrogens is 273 g/mol. The van der Waals surface area contributed by atoms with E-state index in [1.807, 2.05) is 0 Å². The Labute approximate surface area is 112 Å². The van der Waals surface area contributed by atoms with Gasteiger partial charge in [-0.1, -0.05) is 17.8 Å². The summed E-state index contributed by atoms with van der Waals surface area (Å²) in [4.78, 5) is 11.8. The van der Waals surface area contributed by atoms with Gasteiger partial charge in [0.15, 0.2) is 5.78 Å². The monoisotopic (exact) mass is 282 g/mol. The molecule has 1 nitrogen and oxygen atoms in total. The fourth-order valence-electron chi connectivity index (χ4n) is 1.61. The molecule has 0 unspecified atom stereocenters. The molecule has 0 aromatic heterocycles. The SMILES string of the molecule is CC(=O)c1c(F)cccc1Sc1ccc(F)cc1F. The summed E-state index contributed by atoms with van der Waals surface area (Å²) in [5, 5.41) is 0. The van der Waals surface area contributed by atoms with Crippen molar-refractivity contribution in [3.05, 3.63) is 59.4 Å². The predicted molar refractivity (Wildman–Crippen MR) is 66.9 cm³/mol. The minimum Gasteiger partial charge on any atom is -0.294 e. The van der Waals surface area contributed by atoms with Crippen molar-refractivity contribution in [2.24, 2.45) is 0 Å². The number of Topliss-reactive ketones (excluding diaryl/α,β-unsaturated/α-hetero) is 1. The van der Waals surface area contributed by atoms with Crippen molar-refractivity contribution in [1.82, 2.24) is 0 Å². The van der Waals surface area contributed by atoms with E-state index in [0.717, 1.165) is 23.9 Å². The van der Waals surface area contributed by atoms with Gasteiger partial charge in [0, 0.05) is 15.9 Å². The fraction of sp³-hybridized carbons (Fsp3) is 0.0714. The van der Waals surface area contributed by atoms with E-state index in [9.17, 15) is 18.0 Å². The van der Waals surface area contributed by atoms with E-state index in [-0.39, 0.29) is 10.5 Å². The van der Waals surface area contributed by atoms with Gasteiger partial charge in [-0.25, -0.2) is 13.2 Å². The molecule has 0 aliphatic rings. The van der Waals surface area contributed by atoms with E-state index >= 15 is 0 Å². The predicted octanol–water partition coefficient (Wildman–Crippen LogP) is 4.46. The van der Waals surface area contributed by atoms with Gasteiger partial charge >= 0.3 is 0 Å². The van der Waals surface area contributed by atoms with Gasteiger partial charge in [0.1, 0.15) is 17.5 Å². The molecule has 0 fully saturated rings. The highest BCUT2D eigenvalue weighted by molar-refractivity contribution is 7.99. The van der Waals surface area contributed by atoms with Gasteiger partial charge in [0.25, 0.3) is 0 Å². The molecule has 0 heterocycles. The first-order valence-corrected chi connectivity index (χ1v) is 6.23. The lowest BCUT2D eigenvalue weighted by molar-refractivity contribution is 0.101. The first-order chi connectivity index (χ1) is 8.99. The molecule has 98 valence electrons. The van der Waals surface area contributed by atoms with Gasteiger partial charge in [0.05, 0.1) is 5.56 Å². The number of hydrogen-bond donors (Lipinski definition) is 0. The molecule has 5 heteroatoms. The lowest BCUT2D eigenvalue weighted by Gasteiger charge is -2.08. The molecule has 2 aromatic rings. The summed E-state index contributed by atoms with van der Waals surface area (Å²) in [5.74, 6) is -2.53. The molecule has 19 heavy (non-hydrogen) atoms. The number of benzene rings is 2. The van der Waals surface area contributed by atoms with E-state index in [0.29, 0.717) is 4.90 Å². The van der Waals surface area contributed by atoms with Gasteiger partial charge in [-0.05, 0) is 31.2 Å². The van der Waals surface area contributed by atoms with Crippen molar-refractivity contribution in [3.63, 3.8) is 0 Å². The highest BCUT2D eigenvalue weighted by Gasteiger charge is 2.15. The average Bonchev–Trinajstić information content (AvgIpc) is 2.32. The standard InChI is InChI=1S/C14H9F3OS/c1-8(18)14-10(16)3-2-4-13(14)19-12-6-5-9(15)7-11(12)17/h2-7H,1H3. The molecule has 2 rings (SSSR count). The van der Waals surface area contributed by atoms with Crippen molar-refractivity contribution in [3.8, 4) is 0 Å². The Kier molecular flexibility index (Phi) is 3.95. The summed E-state index contributed by atoms with van der Waals surface area (Å²) in [6.07, 6.45) is 0. The van der Waals surface area contributed by atoms with Crippen LogP contribution in [0, 0.1) is 17.5 Å². The van der Waals surface area contributed by atoms with Gasteiger partial charge in [-0.2, -0.15) is 0 Å². The maximum atomic E-state index is 13.6. The lowest BCUT2D eigenvalue weighted by atomic mass is 10.1. The second kappa shape index (κ2) is 5.48. The van der Waals surface area contributed by atoms with Crippen LogP contribution >= 0.6 is 11.8 Å². The van der Waals surface area contributed by atoms with E-state index < -0.39 is 23.2 Å². The van der Waals surface area contributed by atoms with Gasteiger partial charge in [-0.3, -0.25) is 4.79 Å². The van der Waals surface area contributed by atoms with Gasteiger partial charge in [-0.15, -0.1) is 0 Å². The molecule has 0 aliphatic heterocycles. The minimum absolute atomic E-state index is 0.0868. The van der Waals surface area contributed by atoms with Crippen LogP contribution in [0.4, 0.5) is 13.2 Å². The van der Waals surface area contributed by atoms with Crippen LogP contribution in [0.3, 0.4) is 0 Å². The molecule has 0 amide bonds. The van der Waals surface area contributed by atoms with Crippen molar-refractivity contribution in [2.45, 2.75) is 16.7 Å². The smallest absolute Gasteiger partial charge is 0.163 e. The third-order valence-electron chi connectivity index (χ3n) is 2.44. The van der Waals surface area contributed by atoms with Gasteiger partial charge in [0.2, 0.25) is 0 Å².